The molecule has 132 valence electrons. The van der Waals surface area contributed by atoms with Gasteiger partial charge in [0.25, 0.3) is 5.91 Å². The zero-order chi connectivity index (χ0) is 18.3. The number of benzene rings is 2. The van der Waals surface area contributed by atoms with Crippen LogP contribution in [0.15, 0.2) is 48.2 Å². The summed E-state index contributed by atoms with van der Waals surface area (Å²) >= 11 is 5.32. The predicted molar refractivity (Wildman–Crippen MR) is 111 cm³/mol. The van der Waals surface area contributed by atoms with Crippen molar-refractivity contribution in [2.24, 2.45) is 7.05 Å². The van der Waals surface area contributed by atoms with E-state index in [1.165, 1.54) is 21.8 Å². The Bertz CT molecular complexity index is 1060. The Balaban J connectivity index is 1.74. The molecule has 2 heterocycles. The monoisotopic (exact) mass is 363 g/mol. The maximum atomic E-state index is 12.6. The summed E-state index contributed by atoms with van der Waals surface area (Å²) in [7, 11) is 2.08. The zero-order valence-corrected chi connectivity index (χ0v) is 15.8. The van der Waals surface area contributed by atoms with Crippen LogP contribution in [-0.4, -0.2) is 27.0 Å². The predicted octanol–water partition coefficient (Wildman–Crippen LogP) is 4.19. The number of thiocarbonyl (C=S) groups is 1. The molecule has 0 unspecified atom stereocenters. The number of nitrogens with one attached hydrogen (secondary N) is 1. The number of rotatable bonds is 4. The summed E-state index contributed by atoms with van der Waals surface area (Å²) in [5.74, 6) is -0.0403. The lowest BCUT2D eigenvalue weighted by Crippen LogP contribution is -2.31. The molecule has 1 aromatic heterocycles. The second kappa shape index (κ2) is 6.57. The van der Waals surface area contributed by atoms with Gasteiger partial charge in [0.15, 0.2) is 5.11 Å². The van der Waals surface area contributed by atoms with Gasteiger partial charge in [-0.05, 0) is 48.5 Å². The minimum absolute atomic E-state index is 0.0403. The molecule has 26 heavy (non-hydrogen) atoms. The fourth-order valence-corrected chi connectivity index (χ4v) is 3.82. The average molecular weight is 363 g/mol. The van der Waals surface area contributed by atoms with Crippen LogP contribution in [0.4, 0.5) is 0 Å². The van der Waals surface area contributed by atoms with Gasteiger partial charge in [-0.3, -0.25) is 9.69 Å². The molecule has 0 saturated carbocycles. The van der Waals surface area contributed by atoms with E-state index >= 15 is 0 Å². The van der Waals surface area contributed by atoms with Crippen molar-refractivity contribution in [2.45, 2.75) is 19.8 Å². The molecule has 1 fully saturated rings. The molecule has 4 rings (SSSR count). The van der Waals surface area contributed by atoms with Gasteiger partial charge < -0.3 is 9.88 Å². The number of carbonyl (C=O) groups is 1. The Morgan fingerprint density at radius 2 is 1.88 bits per heavy atom. The number of hydrogen-bond acceptors (Lipinski definition) is 2. The van der Waals surface area contributed by atoms with Gasteiger partial charge in [-0.25, -0.2) is 0 Å². The number of amides is 1. The van der Waals surface area contributed by atoms with E-state index in [4.69, 9.17) is 12.2 Å². The van der Waals surface area contributed by atoms with Crippen LogP contribution in [0, 0.1) is 0 Å². The summed E-state index contributed by atoms with van der Waals surface area (Å²) in [4.78, 5) is 14.3. The molecule has 1 N–H and O–H groups in total. The first-order chi connectivity index (χ1) is 12.6. The van der Waals surface area contributed by atoms with Crippen molar-refractivity contribution >= 4 is 51.1 Å². The minimum atomic E-state index is -0.0403. The molecule has 0 radical (unpaired) electrons. The van der Waals surface area contributed by atoms with Crippen molar-refractivity contribution < 1.29 is 4.79 Å². The van der Waals surface area contributed by atoms with Gasteiger partial charge in [0.05, 0.1) is 0 Å². The maximum Gasteiger partial charge on any atom is 0.276 e. The normalized spacial score (nSPS) is 16.2. The molecule has 1 saturated heterocycles. The summed E-state index contributed by atoms with van der Waals surface area (Å²) in [5.41, 5.74) is 3.92. The molecule has 3 aromatic rings. The number of unbranched alkanes of at least 4 members (excludes halogenated alkanes) is 1. The van der Waals surface area contributed by atoms with Crippen molar-refractivity contribution in [1.82, 2.24) is 14.8 Å². The van der Waals surface area contributed by atoms with Crippen molar-refractivity contribution in [2.75, 3.05) is 6.54 Å². The van der Waals surface area contributed by atoms with E-state index in [9.17, 15) is 4.79 Å². The van der Waals surface area contributed by atoms with Crippen molar-refractivity contribution in [3.63, 3.8) is 0 Å². The van der Waals surface area contributed by atoms with Gasteiger partial charge in [-0.15, -0.1) is 0 Å². The van der Waals surface area contributed by atoms with Crippen LogP contribution >= 0.6 is 12.2 Å². The smallest absolute Gasteiger partial charge is 0.276 e. The number of fused-ring (bicyclic) bond motifs is 3. The van der Waals surface area contributed by atoms with Gasteiger partial charge >= 0.3 is 0 Å². The average Bonchev–Trinajstić information content (AvgIpc) is 3.08. The van der Waals surface area contributed by atoms with E-state index < -0.39 is 0 Å². The quantitative estimate of drug-likeness (QED) is 0.558. The highest BCUT2D eigenvalue weighted by Crippen LogP contribution is 2.29. The first-order valence-electron chi connectivity index (χ1n) is 8.92. The third kappa shape index (κ3) is 2.69. The topological polar surface area (TPSA) is 37.3 Å². The molecule has 4 nitrogen and oxygen atoms in total. The SMILES string of the molecule is CCCCN1C(=O)/C(=C\c2ccc3c(c2)c2ccccc2n3C)NC1=S. The van der Waals surface area contributed by atoms with Crippen molar-refractivity contribution in [3.8, 4) is 0 Å². The summed E-state index contributed by atoms with van der Waals surface area (Å²) < 4.78 is 2.20. The Morgan fingerprint density at radius 3 is 2.69 bits per heavy atom. The molecule has 2 aromatic carbocycles. The van der Waals surface area contributed by atoms with Crippen LogP contribution in [0.3, 0.4) is 0 Å². The summed E-state index contributed by atoms with van der Waals surface area (Å²) in [6, 6.07) is 14.7. The Labute approximate surface area is 158 Å². The number of aryl methyl sites for hydroxylation is 1. The van der Waals surface area contributed by atoms with Crippen LogP contribution in [0.5, 0.6) is 0 Å². The third-order valence-electron chi connectivity index (χ3n) is 4.95. The number of aromatic nitrogens is 1. The van der Waals surface area contributed by atoms with Gasteiger partial charge in [0.2, 0.25) is 0 Å². The van der Waals surface area contributed by atoms with Gasteiger partial charge in [-0.1, -0.05) is 37.6 Å². The van der Waals surface area contributed by atoms with Crippen molar-refractivity contribution in [1.29, 1.82) is 0 Å². The molecule has 1 aliphatic rings. The number of carbonyl (C=O) groups excluding carboxylic acids is 1. The lowest BCUT2D eigenvalue weighted by atomic mass is 10.1. The van der Waals surface area contributed by atoms with Crippen LogP contribution in [0.1, 0.15) is 25.3 Å². The largest absolute Gasteiger partial charge is 0.344 e. The highest BCUT2D eigenvalue weighted by molar-refractivity contribution is 7.80. The molecule has 5 heteroatoms. The minimum Gasteiger partial charge on any atom is -0.344 e. The highest BCUT2D eigenvalue weighted by Gasteiger charge is 2.29. The lowest BCUT2D eigenvalue weighted by Gasteiger charge is -2.12. The molecule has 1 amide bonds. The van der Waals surface area contributed by atoms with Gasteiger partial charge in [-0.2, -0.15) is 0 Å². The standard InChI is InChI=1S/C21H21N3OS/c1-3-4-11-24-20(25)17(22-21(24)26)13-14-9-10-19-16(12-14)15-7-5-6-8-18(15)23(19)2/h5-10,12-13H,3-4,11H2,1-2H3,(H,22,26)/b17-13+. The molecule has 0 aliphatic carbocycles. The highest BCUT2D eigenvalue weighted by atomic mass is 32.1. The summed E-state index contributed by atoms with van der Waals surface area (Å²) in [6.45, 7) is 2.77. The Morgan fingerprint density at radius 1 is 1.12 bits per heavy atom. The third-order valence-corrected chi connectivity index (χ3v) is 5.27. The molecule has 0 spiro atoms. The fourth-order valence-electron chi connectivity index (χ4n) is 3.53. The number of hydrogen-bond donors (Lipinski definition) is 1. The van der Waals surface area contributed by atoms with Crippen LogP contribution < -0.4 is 5.32 Å². The fraction of sp³-hybridized carbons (Fsp3) is 0.238. The van der Waals surface area contributed by atoms with Gasteiger partial charge in [0, 0.05) is 35.4 Å². The molecular formula is C21H21N3OS. The lowest BCUT2D eigenvalue weighted by molar-refractivity contribution is -0.122. The second-order valence-corrected chi connectivity index (χ2v) is 7.04. The van der Waals surface area contributed by atoms with E-state index in [1.54, 1.807) is 4.90 Å². The summed E-state index contributed by atoms with van der Waals surface area (Å²) in [5, 5.41) is 5.97. The van der Waals surface area contributed by atoms with Crippen LogP contribution in [0.25, 0.3) is 27.9 Å². The van der Waals surface area contributed by atoms with E-state index in [0.717, 1.165) is 18.4 Å². The van der Waals surface area contributed by atoms with E-state index in [1.807, 2.05) is 12.1 Å². The number of nitrogens with zero attached hydrogens (tertiary/aromatic N) is 2. The second-order valence-electron chi connectivity index (χ2n) is 6.65. The summed E-state index contributed by atoms with van der Waals surface area (Å²) in [6.07, 6.45) is 3.87. The Kier molecular flexibility index (Phi) is 4.24. The first-order valence-corrected chi connectivity index (χ1v) is 9.32. The van der Waals surface area contributed by atoms with E-state index in [-0.39, 0.29) is 5.91 Å². The van der Waals surface area contributed by atoms with E-state index in [0.29, 0.717) is 17.4 Å². The molecule has 1 aliphatic heterocycles. The molecular weight excluding hydrogens is 342 g/mol. The molecule has 0 bridgehead atoms. The van der Waals surface area contributed by atoms with Crippen LogP contribution in [0.2, 0.25) is 0 Å². The van der Waals surface area contributed by atoms with E-state index in [2.05, 4.69) is 60.3 Å². The number of para-hydroxylation sites is 1. The van der Waals surface area contributed by atoms with Crippen molar-refractivity contribution in [3.05, 3.63) is 53.7 Å². The maximum absolute atomic E-state index is 12.6. The van der Waals surface area contributed by atoms with Crippen LogP contribution in [-0.2, 0) is 11.8 Å². The Hall–Kier alpha value is -2.66. The zero-order valence-electron chi connectivity index (χ0n) is 15.0. The van der Waals surface area contributed by atoms with Gasteiger partial charge in [0.1, 0.15) is 5.70 Å². The first kappa shape index (κ1) is 16.8. The molecule has 0 atom stereocenters.